The molecule has 0 aliphatic carbocycles. The molecule has 0 spiro atoms. The molecule has 3 atom stereocenters. The summed E-state index contributed by atoms with van der Waals surface area (Å²) in [6, 6.07) is 3.75. The van der Waals surface area contributed by atoms with E-state index in [4.69, 9.17) is 10.5 Å². The van der Waals surface area contributed by atoms with Gasteiger partial charge in [-0.05, 0) is 43.5 Å². The Kier molecular flexibility index (Phi) is 6.01. The van der Waals surface area contributed by atoms with Crippen LogP contribution in [0.1, 0.15) is 36.6 Å². The molecule has 0 unspecified atom stereocenters. The second-order valence-electron chi connectivity index (χ2n) is 8.42. The highest BCUT2D eigenvalue weighted by molar-refractivity contribution is 7.94. The molecular formula is C23H23F3N4O3S. The van der Waals surface area contributed by atoms with Crippen LogP contribution in [0.15, 0.2) is 48.2 Å². The predicted octanol–water partition coefficient (Wildman–Crippen LogP) is 3.52. The highest BCUT2D eigenvalue weighted by Crippen LogP contribution is 2.51. The molecule has 0 saturated carbocycles. The lowest BCUT2D eigenvalue weighted by Crippen LogP contribution is -2.58. The largest absolute Gasteiger partial charge is 0.472 e. The smallest absolute Gasteiger partial charge is 0.232 e. The second kappa shape index (κ2) is 8.53. The zero-order valence-corrected chi connectivity index (χ0v) is 19.2. The molecule has 2 bridgehead atoms. The molecule has 4 rings (SSSR count). The Balaban J connectivity index is 1.72. The number of fused-ring (bicyclic) bond motifs is 2. The quantitative estimate of drug-likeness (QED) is 0.593. The summed E-state index contributed by atoms with van der Waals surface area (Å²) in [6.07, 6.45) is 5.14. The van der Waals surface area contributed by atoms with Gasteiger partial charge in [0.2, 0.25) is 5.88 Å². The Hall–Kier alpha value is -3.21. The van der Waals surface area contributed by atoms with Gasteiger partial charge >= 0.3 is 0 Å². The number of aromatic nitrogens is 2. The minimum atomic E-state index is -4.08. The zero-order chi connectivity index (χ0) is 24.7. The van der Waals surface area contributed by atoms with Crippen LogP contribution in [0.5, 0.6) is 5.88 Å². The third kappa shape index (κ3) is 3.58. The molecule has 1 aromatic carbocycles. The molecule has 3 heterocycles. The number of aliphatic imine (C=N–C) groups is 1. The molecule has 7 nitrogen and oxygen atoms in total. The number of hydrogen-bond donors (Lipinski definition) is 1. The summed E-state index contributed by atoms with van der Waals surface area (Å²) in [5, 5.41) is -1.16. The van der Waals surface area contributed by atoms with Crippen molar-refractivity contribution in [2.24, 2.45) is 10.7 Å². The first kappa shape index (κ1) is 23.9. The van der Waals surface area contributed by atoms with Crippen LogP contribution in [0.4, 0.5) is 13.2 Å². The zero-order valence-electron chi connectivity index (χ0n) is 18.3. The number of sulfone groups is 1. The van der Waals surface area contributed by atoms with Gasteiger partial charge in [0.05, 0.1) is 17.6 Å². The van der Waals surface area contributed by atoms with Crippen molar-refractivity contribution in [3.05, 3.63) is 65.9 Å². The summed E-state index contributed by atoms with van der Waals surface area (Å²) in [5.41, 5.74) is 4.45. The number of amidine groups is 1. The fourth-order valence-corrected chi connectivity index (χ4v) is 7.21. The molecule has 2 aromatic rings. The lowest BCUT2D eigenvalue weighted by atomic mass is 9.86. The predicted molar refractivity (Wildman–Crippen MR) is 123 cm³/mol. The summed E-state index contributed by atoms with van der Waals surface area (Å²) < 4.78 is 73.2. The Labute approximate surface area is 195 Å². The first-order chi connectivity index (χ1) is 16.1. The van der Waals surface area contributed by atoms with Gasteiger partial charge in [0.15, 0.2) is 20.4 Å². The molecule has 1 fully saturated rings. The van der Waals surface area contributed by atoms with Gasteiger partial charge in [-0.3, -0.25) is 4.99 Å². The van der Waals surface area contributed by atoms with Gasteiger partial charge in [-0.25, -0.2) is 31.6 Å². The van der Waals surface area contributed by atoms with Crippen molar-refractivity contribution >= 4 is 27.6 Å². The number of ether oxygens (including phenoxy) is 1. The molecule has 2 aliphatic heterocycles. The maximum absolute atomic E-state index is 14.9. The van der Waals surface area contributed by atoms with E-state index in [0.29, 0.717) is 0 Å². The van der Waals surface area contributed by atoms with Crippen LogP contribution >= 0.6 is 0 Å². The normalized spacial score (nSPS) is 27.8. The lowest BCUT2D eigenvalue weighted by molar-refractivity contribution is 0.347. The van der Waals surface area contributed by atoms with Gasteiger partial charge in [0, 0.05) is 5.56 Å². The highest BCUT2D eigenvalue weighted by Gasteiger charge is 2.65. The van der Waals surface area contributed by atoms with Crippen LogP contribution in [0, 0.1) is 5.82 Å². The first-order valence-corrected chi connectivity index (χ1v) is 12.0. The molecule has 11 heteroatoms. The first-order valence-electron chi connectivity index (χ1n) is 10.5. The number of halogens is 3. The second-order valence-corrected chi connectivity index (χ2v) is 10.9. The molecule has 0 radical (unpaired) electrons. The van der Waals surface area contributed by atoms with Crippen LogP contribution in [0.2, 0.25) is 0 Å². The number of nitrogens with zero attached hydrogens (tertiary/aromatic N) is 3. The molecule has 2 N–H and O–H groups in total. The van der Waals surface area contributed by atoms with E-state index >= 15 is 0 Å². The Bertz CT molecular complexity index is 1300. The van der Waals surface area contributed by atoms with Crippen LogP contribution < -0.4 is 10.5 Å². The lowest BCUT2D eigenvalue weighted by Gasteiger charge is -2.39. The Morgan fingerprint density at radius 3 is 2.76 bits per heavy atom. The third-order valence-corrected chi connectivity index (χ3v) is 9.50. The number of hydrogen-bond acceptors (Lipinski definition) is 7. The molecular weight excluding hydrogens is 469 g/mol. The summed E-state index contributed by atoms with van der Waals surface area (Å²) >= 11 is 0. The van der Waals surface area contributed by atoms with Gasteiger partial charge < -0.3 is 10.5 Å². The standard InChI is InChI=1S/C23H23F3N4O3S/c1-3-8-33-20-12-28-18(11-29-20)17(26)10-14-4-5-16(25)15(9-14)22(2)19-6-7-23(13-24,21(27)30-22)34(19,31)32/h3-5,9-12,19H,1,6-8,13H2,2H3,(H2,27,30)/b17-10-/t19-,22+,23-/m0/s1. The average molecular weight is 493 g/mol. The molecule has 180 valence electrons. The minimum Gasteiger partial charge on any atom is -0.472 e. The highest BCUT2D eigenvalue weighted by atomic mass is 32.2. The fraction of sp³-hybridized carbons (Fsp3) is 0.348. The SMILES string of the molecule is C=CCOc1cnc(/C(F)=C/c2ccc(F)c([C@@]3(C)N=C(N)[C@@]4(CF)CC[C@@H]3S4(=O)=O)c2)cn1. The third-order valence-electron chi connectivity index (χ3n) is 6.44. The Morgan fingerprint density at radius 1 is 1.35 bits per heavy atom. The van der Waals surface area contributed by atoms with E-state index in [2.05, 4.69) is 21.5 Å². The number of alkyl halides is 1. The summed E-state index contributed by atoms with van der Waals surface area (Å²) in [6.45, 7) is 4.00. The number of nitrogens with two attached hydrogens (primary N) is 1. The van der Waals surface area contributed by atoms with Crippen molar-refractivity contribution in [2.45, 2.75) is 35.3 Å². The van der Waals surface area contributed by atoms with Gasteiger partial charge in [-0.1, -0.05) is 18.7 Å². The topological polar surface area (TPSA) is 108 Å². The van der Waals surface area contributed by atoms with Crippen molar-refractivity contribution in [3.63, 3.8) is 0 Å². The van der Waals surface area contributed by atoms with Crippen molar-refractivity contribution in [3.8, 4) is 5.88 Å². The monoisotopic (exact) mass is 492 g/mol. The summed E-state index contributed by atoms with van der Waals surface area (Å²) in [4.78, 5) is 12.2. The van der Waals surface area contributed by atoms with E-state index in [-0.39, 0.29) is 48.0 Å². The van der Waals surface area contributed by atoms with E-state index in [9.17, 15) is 21.6 Å². The van der Waals surface area contributed by atoms with E-state index in [1.165, 1.54) is 37.5 Å². The van der Waals surface area contributed by atoms with Gasteiger partial charge in [0.25, 0.3) is 0 Å². The molecule has 2 aliphatic rings. The van der Waals surface area contributed by atoms with Crippen molar-refractivity contribution < 1.29 is 26.3 Å². The van der Waals surface area contributed by atoms with Crippen LogP contribution in [-0.4, -0.2) is 47.5 Å². The Morgan fingerprint density at radius 2 is 2.12 bits per heavy atom. The molecule has 0 amide bonds. The van der Waals surface area contributed by atoms with Gasteiger partial charge in [-0.2, -0.15) is 0 Å². The van der Waals surface area contributed by atoms with E-state index in [1.807, 2.05) is 0 Å². The summed E-state index contributed by atoms with van der Waals surface area (Å²) in [5.74, 6) is -1.65. The molecule has 34 heavy (non-hydrogen) atoms. The maximum Gasteiger partial charge on any atom is 0.232 e. The van der Waals surface area contributed by atoms with E-state index in [1.54, 1.807) is 0 Å². The van der Waals surface area contributed by atoms with E-state index in [0.717, 1.165) is 12.1 Å². The van der Waals surface area contributed by atoms with Crippen molar-refractivity contribution in [1.82, 2.24) is 9.97 Å². The fourth-order valence-electron chi connectivity index (χ4n) is 4.56. The van der Waals surface area contributed by atoms with Crippen molar-refractivity contribution in [2.75, 3.05) is 13.3 Å². The number of rotatable bonds is 7. The van der Waals surface area contributed by atoms with E-state index < -0.39 is 43.7 Å². The minimum absolute atomic E-state index is 0.0254. The van der Waals surface area contributed by atoms with Gasteiger partial charge in [-0.15, -0.1) is 0 Å². The average Bonchev–Trinajstić information content (AvgIpc) is 3.02. The van der Waals surface area contributed by atoms with Crippen LogP contribution in [-0.2, 0) is 15.4 Å². The van der Waals surface area contributed by atoms with Crippen LogP contribution in [0.3, 0.4) is 0 Å². The van der Waals surface area contributed by atoms with Crippen LogP contribution in [0.25, 0.3) is 11.9 Å². The molecule has 1 saturated heterocycles. The maximum atomic E-state index is 14.9. The number of benzene rings is 1. The van der Waals surface area contributed by atoms with Gasteiger partial charge in [0.1, 0.15) is 36.2 Å². The van der Waals surface area contributed by atoms with Crippen molar-refractivity contribution in [1.29, 1.82) is 0 Å². The summed E-state index contributed by atoms with van der Waals surface area (Å²) in [7, 11) is -4.08. The molecule has 1 aromatic heterocycles.